The molecule has 0 saturated heterocycles. The van der Waals surface area contributed by atoms with E-state index in [4.69, 9.17) is 11.6 Å². The Balaban J connectivity index is 2.23. The number of carbonyl (C=O) groups is 1. The quantitative estimate of drug-likeness (QED) is 0.516. The molecule has 119 valence electrons. The molecule has 0 spiro atoms. The highest BCUT2D eigenvalue weighted by atomic mass is 35.5. The molecule has 6 nitrogen and oxygen atoms in total. The van der Waals surface area contributed by atoms with Crippen LogP contribution >= 0.6 is 11.6 Å². The lowest BCUT2D eigenvalue weighted by Crippen LogP contribution is -2.36. The van der Waals surface area contributed by atoms with Crippen molar-refractivity contribution in [2.24, 2.45) is 0 Å². The second-order valence-electron chi connectivity index (χ2n) is 5.87. The van der Waals surface area contributed by atoms with E-state index in [0.717, 1.165) is 5.56 Å². The lowest BCUT2D eigenvalue weighted by Gasteiger charge is -2.23. The van der Waals surface area contributed by atoms with Gasteiger partial charge in [-0.1, -0.05) is 6.92 Å². The van der Waals surface area contributed by atoms with E-state index in [1.54, 1.807) is 23.1 Å². The summed E-state index contributed by atoms with van der Waals surface area (Å²) in [6.45, 7) is 2.20. The predicted octanol–water partition coefficient (Wildman–Crippen LogP) is 1.55. The smallest absolute Gasteiger partial charge is 0.329 e. The van der Waals surface area contributed by atoms with Crippen molar-refractivity contribution in [1.29, 1.82) is 5.26 Å². The molecule has 1 unspecified atom stereocenters. The van der Waals surface area contributed by atoms with Crippen LogP contribution in [-0.4, -0.2) is 41.8 Å². The maximum atomic E-state index is 10.9. The van der Waals surface area contributed by atoms with Gasteiger partial charge in [0, 0.05) is 29.4 Å². The average Bonchev–Trinajstić information content (AvgIpc) is 2.87. The molecule has 2 aromatic rings. The van der Waals surface area contributed by atoms with Crippen LogP contribution in [-0.2, 0) is 10.2 Å². The van der Waals surface area contributed by atoms with Crippen LogP contribution in [0.3, 0.4) is 0 Å². The Kier molecular flexibility index (Phi) is 4.27. The summed E-state index contributed by atoms with van der Waals surface area (Å²) in [5, 5.41) is 19.5. The van der Waals surface area contributed by atoms with Gasteiger partial charge in [-0.15, -0.1) is 0 Å². The molecule has 1 aliphatic heterocycles. The monoisotopic (exact) mass is 339 g/mol. The van der Waals surface area contributed by atoms with Crippen molar-refractivity contribution in [2.45, 2.75) is 12.3 Å². The number of anilines is 1. The average molecular weight is 340 g/mol. The summed E-state index contributed by atoms with van der Waals surface area (Å²) in [5.74, 6) is 0. The van der Waals surface area contributed by atoms with Gasteiger partial charge in [-0.25, -0.2) is 9.97 Å². The van der Waals surface area contributed by atoms with Crippen LogP contribution < -0.4 is 4.81 Å². The van der Waals surface area contributed by atoms with Crippen molar-refractivity contribution < 1.29 is 9.90 Å². The molecular formula is C16H13BClN4O2. The molecule has 0 saturated carbocycles. The number of halogens is 1. The van der Waals surface area contributed by atoms with Gasteiger partial charge < -0.3 is 14.7 Å². The van der Waals surface area contributed by atoms with Crippen molar-refractivity contribution in [1.82, 2.24) is 9.97 Å². The van der Waals surface area contributed by atoms with Gasteiger partial charge in [-0.05, 0) is 35.4 Å². The zero-order valence-electron chi connectivity index (χ0n) is 12.9. The molecule has 2 heterocycles. The molecule has 1 aromatic carbocycles. The highest BCUT2D eigenvalue weighted by Gasteiger charge is 2.40. The first-order valence-electron chi connectivity index (χ1n) is 7.26. The summed E-state index contributed by atoms with van der Waals surface area (Å²) < 4.78 is 0. The second-order valence-corrected chi connectivity index (χ2v) is 6.21. The summed E-state index contributed by atoms with van der Waals surface area (Å²) in [6, 6.07) is 7.45. The zero-order chi connectivity index (χ0) is 17.3. The van der Waals surface area contributed by atoms with E-state index in [-0.39, 0.29) is 11.9 Å². The van der Waals surface area contributed by atoms with E-state index in [0.29, 0.717) is 35.2 Å². The van der Waals surface area contributed by atoms with E-state index in [2.05, 4.69) is 16.0 Å². The van der Waals surface area contributed by atoms with Crippen LogP contribution in [0.4, 0.5) is 5.69 Å². The molecule has 24 heavy (non-hydrogen) atoms. The Hall–Kier alpha value is -2.43. The van der Waals surface area contributed by atoms with E-state index >= 15 is 0 Å². The van der Waals surface area contributed by atoms with Crippen LogP contribution in [0.2, 0.25) is 5.28 Å². The molecule has 0 fully saturated rings. The van der Waals surface area contributed by atoms with Crippen LogP contribution in [0.5, 0.6) is 0 Å². The largest absolute Gasteiger partial charge is 0.410 e. The summed E-state index contributed by atoms with van der Waals surface area (Å²) in [4.78, 5) is 20.7. The first-order chi connectivity index (χ1) is 11.5. The molecule has 3 rings (SSSR count). The standard InChI is InChI=1S/C16H13BClN4O2/c1-16(8-23)7-22(17-9-24)14-11(6-19)4-10(5-12(14)16)13-2-3-20-15(18)21-13/h2-5,9,23H,7-8H2,1H3. The lowest BCUT2D eigenvalue weighted by molar-refractivity contribution is 0.217. The molecule has 1 aromatic heterocycles. The number of nitrogens with zero attached hydrogens (tertiary/aromatic N) is 4. The van der Waals surface area contributed by atoms with Crippen molar-refractivity contribution in [3.05, 3.63) is 40.8 Å². The Bertz CT molecular complexity index is 854. The Morgan fingerprint density at radius 3 is 3.00 bits per heavy atom. The number of aromatic nitrogens is 2. The van der Waals surface area contributed by atoms with Crippen LogP contribution in [0.25, 0.3) is 11.3 Å². The molecule has 0 aliphatic carbocycles. The number of carbonyl (C=O) groups excluding carboxylic acids is 1. The molecule has 1 aliphatic rings. The Labute approximate surface area is 145 Å². The molecule has 1 atom stereocenters. The fourth-order valence-electron chi connectivity index (χ4n) is 3.01. The number of benzene rings is 1. The van der Waals surface area contributed by atoms with Gasteiger partial charge in [0.15, 0.2) is 0 Å². The Morgan fingerprint density at radius 2 is 2.38 bits per heavy atom. The van der Waals surface area contributed by atoms with Crippen molar-refractivity contribution in [3.63, 3.8) is 0 Å². The summed E-state index contributed by atoms with van der Waals surface area (Å²) >= 11 is 5.85. The van der Waals surface area contributed by atoms with Gasteiger partial charge in [0.2, 0.25) is 5.28 Å². The fourth-order valence-corrected chi connectivity index (χ4v) is 3.16. The summed E-state index contributed by atoms with van der Waals surface area (Å²) in [5.41, 5.74) is 2.56. The minimum absolute atomic E-state index is 0.109. The molecular weight excluding hydrogens is 326 g/mol. The molecule has 8 heteroatoms. The van der Waals surface area contributed by atoms with Gasteiger partial charge in [0.05, 0.1) is 17.9 Å². The summed E-state index contributed by atoms with van der Waals surface area (Å²) in [6.07, 6.45) is 2.22. The topological polar surface area (TPSA) is 90.1 Å². The second kappa shape index (κ2) is 6.23. The normalized spacial score (nSPS) is 18.8. The number of nitriles is 1. The van der Waals surface area contributed by atoms with E-state index in [1.165, 1.54) is 7.41 Å². The molecule has 0 amide bonds. The lowest BCUT2D eigenvalue weighted by atomic mass is 9.83. The maximum absolute atomic E-state index is 10.9. The number of aliphatic hydroxyl groups excluding tert-OH is 1. The van der Waals surface area contributed by atoms with Crippen LogP contribution in [0.15, 0.2) is 24.4 Å². The predicted molar refractivity (Wildman–Crippen MR) is 91.5 cm³/mol. The molecule has 1 N–H and O–H groups in total. The Morgan fingerprint density at radius 1 is 1.58 bits per heavy atom. The van der Waals surface area contributed by atoms with Crippen LogP contribution in [0, 0.1) is 11.3 Å². The van der Waals surface area contributed by atoms with E-state index in [1.807, 2.05) is 13.0 Å². The third-order valence-electron chi connectivity index (χ3n) is 4.20. The van der Waals surface area contributed by atoms with Gasteiger partial charge in [0.1, 0.15) is 12.3 Å². The number of aliphatic hydroxyl groups is 1. The number of hydrogen-bond acceptors (Lipinski definition) is 6. The van der Waals surface area contributed by atoms with Crippen molar-refractivity contribution in [3.8, 4) is 17.3 Å². The first-order valence-corrected chi connectivity index (χ1v) is 7.64. The van der Waals surface area contributed by atoms with Crippen molar-refractivity contribution >= 4 is 30.9 Å². The van der Waals surface area contributed by atoms with E-state index < -0.39 is 5.41 Å². The number of hydrogen-bond donors (Lipinski definition) is 1. The van der Waals surface area contributed by atoms with Gasteiger partial charge in [-0.2, -0.15) is 5.26 Å². The maximum Gasteiger partial charge on any atom is 0.329 e. The van der Waals surface area contributed by atoms with Crippen LogP contribution in [0.1, 0.15) is 18.1 Å². The van der Waals surface area contributed by atoms with Gasteiger partial charge >= 0.3 is 7.41 Å². The highest BCUT2D eigenvalue weighted by Crippen LogP contribution is 2.44. The van der Waals surface area contributed by atoms with Gasteiger partial charge in [0.25, 0.3) is 0 Å². The SMILES string of the molecule is CC1(CO)CN([B]C=O)c2c(C#N)cc(-c3ccnc(Cl)n3)cc21. The minimum Gasteiger partial charge on any atom is -0.410 e. The highest BCUT2D eigenvalue weighted by molar-refractivity contribution is 6.70. The zero-order valence-corrected chi connectivity index (χ0v) is 13.7. The third-order valence-corrected chi connectivity index (χ3v) is 4.38. The van der Waals surface area contributed by atoms with E-state index in [9.17, 15) is 15.2 Å². The first kappa shape index (κ1) is 16.4. The molecule has 1 radical (unpaired) electrons. The number of rotatable bonds is 4. The number of fused-ring (bicyclic) bond motifs is 1. The third kappa shape index (κ3) is 2.64. The molecule has 0 bridgehead atoms. The summed E-state index contributed by atoms with van der Waals surface area (Å²) in [7, 11) is 1.38. The van der Waals surface area contributed by atoms with Gasteiger partial charge in [-0.3, -0.25) is 0 Å². The minimum atomic E-state index is -0.590. The van der Waals surface area contributed by atoms with Crippen molar-refractivity contribution in [2.75, 3.05) is 18.0 Å². The fraction of sp³-hybridized carbons (Fsp3) is 0.250.